The Morgan fingerprint density at radius 2 is 1.93 bits per heavy atom. The highest BCUT2D eigenvalue weighted by Crippen LogP contribution is 2.40. The molecule has 0 aliphatic carbocycles. The van der Waals surface area contributed by atoms with Crippen molar-refractivity contribution in [2.45, 2.75) is 45.8 Å². The molecular weight excluding hydrogens is 200 g/mol. The van der Waals surface area contributed by atoms with E-state index in [2.05, 4.69) is 46.0 Å². The maximum atomic E-state index is 6.21. The van der Waals surface area contributed by atoms with Gasteiger partial charge in [-0.15, -0.1) is 0 Å². The Balaban J connectivity index is 2.55. The summed E-state index contributed by atoms with van der Waals surface area (Å²) < 4.78 is 6.21. The molecule has 1 aromatic carbocycles. The Labute approximate surface area is 93.6 Å². The molecule has 2 heteroatoms. The van der Waals surface area contributed by atoms with Crippen LogP contribution in [0.4, 0.5) is 0 Å². The Bertz CT molecular complexity index is 394. The second-order valence-corrected chi connectivity index (χ2v) is 9.55. The first-order chi connectivity index (χ1) is 6.91. The van der Waals surface area contributed by atoms with Crippen molar-refractivity contribution in [2.24, 2.45) is 0 Å². The Kier molecular flexibility index (Phi) is 2.42. The monoisotopic (exact) mass is 220 g/mol. The molecule has 15 heavy (non-hydrogen) atoms. The number of hydrogen-bond donors (Lipinski definition) is 0. The van der Waals surface area contributed by atoms with E-state index in [-0.39, 0.29) is 0 Å². The Morgan fingerprint density at radius 1 is 1.27 bits per heavy atom. The van der Waals surface area contributed by atoms with E-state index in [9.17, 15) is 0 Å². The van der Waals surface area contributed by atoms with Crippen molar-refractivity contribution >= 4 is 8.32 Å². The van der Waals surface area contributed by atoms with Crippen LogP contribution in [0.3, 0.4) is 0 Å². The largest absolute Gasteiger partial charge is 0.543 e. The SMILES string of the molecule is Cc1ccc(C(C)C)c2c1C[Si](C)(C)O2. The van der Waals surface area contributed by atoms with E-state index in [1.807, 2.05) is 0 Å². The van der Waals surface area contributed by atoms with Gasteiger partial charge in [-0.2, -0.15) is 0 Å². The predicted molar refractivity (Wildman–Crippen MR) is 67.1 cm³/mol. The summed E-state index contributed by atoms with van der Waals surface area (Å²) in [6.07, 6.45) is 0. The molecule has 1 aliphatic heterocycles. The summed E-state index contributed by atoms with van der Waals surface area (Å²) in [4.78, 5) is 0. The quantitative estimate of drug-likeness (QED) is 0.654. The molecule has 0 amide bonds. The summed E-state index contributed by atoms with van der Waals surface area (Å²) in [6.45, 7) is 11.3. The van der Waals surface area contributed by atoms with Crippen LogP contribution in [-0.4, -0.2) is 8.32 Å². The molecule has 0 radical (unpaired) electrons. The van der Waals surface area contributed by atoms with Crippen LogP contribution in [0.1, 0.15) is 36.5 Å². The fourth-order valence-electron chi connectivity index (χ4n) is 2.28. The van der Waals surface area contributed by atoms with Crippen LogP contribution < -0.4 is 4.43 Å². The lowest BCUT2D eigenvalue weighted by Gasteiger charge is -2.17. The number of fused-ring (bicyclic) bond motifs is 1. The molecular formula is C13H20OSi. The molecule has 82 valence electrons. The second kappa shape index (κ2) is 3.37. The smallest absolute Gasteiger partial charge is 0.249 e. The van der Waals surface area contributed by atoms with Crippen LogP contribution in [0.25, 0.3) is 0 Å². The van der Waals surface area contributed by atoms with Crippen LogP contribution >= 0.6 is 0 Å². The lowest BCUT2D eigenvalue weighted by molar-refractivity contribution is 0.559. The van der Waals surface area contributed by atoms with E-state index in [4.69, 9.17) is 4.43 Å². The van der Waals surface area contributed by atoms with Gasteiger partial charge >= 0.3 is 0 Å². The minimum absolute atomic E-state index is 0.558. The van der Waals surface area contributed by atoms with E-state index in [1.165, 1.54) is 28.5 Å². The Hall–Kier alpha value is -0.763. The van der Waals surface area contributed by atoms with Crippen molar-refractivity contribution in [3.63, 3.8) is 0 Å². The summed E-state index contributed by atoms with van der Waals surface area (Å²) in [5.41, 5.74) is 4.25. The highest BCUT2D eigenvalue weighted by atomic mass is 28.4. The van der Waals surface area contributed by atoms with Crippen LogP contribution in [0.5, 0.6) is 5.75 Å². The minimum atomic E-state index is -1.45. The van der Waals surface area contributed by atoms with Gasteiger partial charge in [-0.1, -0.05) is 26.0 Å². The second-order valence-electron chi connectivity index (χ2n) is 5.47. The van der Waals surface area contributed by atoms with Crippen LogP contribution in [-0.2, 0) is 6.04 Å². The van der Waals surface area contributed by atoms with E-state index in [1.54, 1.807) is 0 Å². The average Bonchev–Trinajstić information content (AvgIpc) is 2.41. The van der Waals surface area contributed by atoms with Crippen LogP contribution in [0.2, 0.25) is 13.1 Å². The van der Waals surface area contributed by atoms with Gasteiger partial charge < -0.3 is 4.43 Å². The molecule has 0 saturated heterocycles. The lowest BCUT2D eigenvalue weighted by Crippen LogP contribution is -2.32. The van der Waals surface area contributed by atoms with Crippen LogP contribution in [0.15, 0.2) is 12.1 Å². The van der Waals surface area contributed by atoms with Gasteiger partial charge in [-0.3, -0.25) is 0 Å². The van der Waals surface area contributed by atoms with Crippen molar-refractivity contribution in [1.82, 2.24) is 0 Å². The zero-order chi connectivity index (χ0) is 11.2. The molecule has 2 rings (SSSR count). The number of aryl methyl sites for hydroxylation is 1. The Morgan fingerprint density at radius 3 is 2.53 bits per heavy atom. The van der Waals surface area contributed by atoms with Crippen molar-refractivity contribution in [3.05, 3.63) is 28.8 Å². The first-order valence-electron chi connectivity index (χ1n) is 5.72. The molecule has 0 aromatic heterocycles. The third-order valence-electron chi connectivity index (χ3n) is 3.13. The normalized spacial score (nSPS) is 17.7. The van der Waals surface area contributed by atoms with E-state index in [0.29, 0.717) is 5.92 Å². The molecule has 0 saturated carbocycles. The average molecular weight is 220 g/mol. The van der Waals surface area contributed by atoms with Crippen LogP contribution in [0, 0.1) is 6.92 Å². The van der Waals surface area contributed by atoms with E-state index < -0.39 is 8.32 Å². The van der Waals surface area contributed by atoms with E-state index >= 15 is 0 Å². The molecule has 1 nitrogen and oxygen atoms in total. The van der Waals surface area contributed by atoms with Crippen molar-refractivity contribution in [3.8, 4) is 5.75 Å². The molecule has 1 aromatic rings. The molecule has 0 N–H and O–H groups in total. The van der Waals surface area contributed by atoms with Gasteiger partial charge in [0.1, 0.15) is 5.75 Å². The lowest BCUT2D eigenvalue weighted by atomic mass is 9.97. The third kappa shape index (κ3) is 1.83. The van der Waals surface area contributed by atoms with Gasteiger partial charge in [0.05, 0.1) is 0 Å². The number of rotatable bonds is 1. The third-order valence-corrected chi connectivity index (χ3v) is 5.09. The van der Waals surface area contributed by atoms with Gasteiger partial charge in [0.25, 0.3) is 0 Å². The molecule has 0 bridgehead atoms. The minimum Gasteiger partial charge on any atom is -0.543 e. The molecule has 0 unspecified atom stereocenters. The maximum absolute atomic E-state index is 6.21. The van der Waals surface area contributed by atoms with Gasteiger partial charge in [-0.05, 0) is 42.6 Å². The first-order valence-corrected chi connectivity index (χ1v) is 8.83. The first kappa shape index (κ1) is 10.7. The topological polar surface area (TPSA) is 9.23 Å². The number of benzene rings is 1. The zero-order valence-electron chi connectivity index (χ0n) is 10.3. The fourth-order valence-corrected chi connectivity index (χ4v) is 4.43. The van der Waals surface area contributed by atoms with Gasteiger partial charge in [0.2, 0.25) is 8.32 Å². The van der Waals surface area contributed by atoms with Crippen molar-refractivity contribution in [1.29, 1.82) is 0 Å². The summed E-state index contributed by atoms with van der Waals surface area (Å²) in [6, 6.07) is 5.65. The molecule has 1 aliphatic rings. The standard InChI is InChI=1S/C13H20OSi/c1-9(2)11-7-6-10(3)12-8-15(4,5)14-13(11)12/h6-7,9H,8H2,1-5H3. The van der Waals surface area contributed by atoms with Gasteiger partial charge in [0.15, 0.2) is 0 Å². The molecule has 0 spiro atoms. The van der Waals surface area contributed by atoms with E-state index in [0.717, 1.165) is 0 Å². The zero-order valence-corrected chi connectivity index (χ0v) is 11.3. The van der Waals surface area contributed by atoms with Crippen molar-refractivity contribution in [2.75, 3.05) is 0 Å². The summed E-state index contributed by atoms with van der Waals surface area (Å²) in [7, 11) is -1.45. The molecule has 1 heterocycles. The summed E-state index contributed by atoms with van der Waals surface area (Å²) in [5, 5.41) is 0. The highest BCUT2D eigenvalue weighted by Gasteiger charge is 2.35. The maximum Gasteiger partial charge on any atom is 0.249 e. The highest BCUT2D eigenvalue weighted by molar-refractivity contribution is 6.72. The number of hydrogen-bond acceptors (Lipinski definition) is 1. The van der Waals surface area contributed by atoms with Crippen molar-refractivity contribution < 1.29 is 4.43 Å². The molecule has 0 fully saturated rings. The predicted octanol–water partition coefficient (Wildman–Crippen LogP) is 3.80. The van der Waals surface area contributed by atoms with Gasteiger partial charge in [0, 0.05) is 6.04 Å². The fraction of sp³-hybridized carbons (Fsp3) is 0.538. The van der Waals surface area contributed by atoms with Gasteiger partial charge in [-0.25, -0.2) is 0 Å². The molecule has 0 atom stereocenters. The summed E-state index contributed by atoms with van der Waals surface area (Å²) in [5.74, 6) is 1.77. The summed E-state index contributed by atoms with van der Waals surface area (Å²) >= 11 is 0.